The first-order chi connectivity index (χ1) is 7.43. The van der Waals surface area contributed by atoms with Gasteiger partial charge in [0.15, 0.2) is 0 Å². The maximum Gasteiger partial charge on any atom is 0.330 e. The Kier molecular flexibility index (Phi) is 4.22. The van der Waals surface area contributed by atoms with Crippen molar-refractivity contribution < 1.29 is 17.9 Å². The highest BCUT2D eigenvalue weighted by atomic mass is 32.2. The van der Waals surface area contributed by atoms with Crippen LogP contribution in [0.25, 0.3) is 6.08 Å². The van der Waals surface area contributed by atoms with Crippen molar-refractivity contribution in [3.05, 3.63) is 23.1 Å². The Hall–Kier alpha value is -1.18. The van der Waals surface area contributed by atoms with Crippen LogP contribution in [0.2, 0.25) is 0 Å². The van der Waals surface area contributed by atoms with Gasteiger partial charge in [0.1, 0.15) is 4.21 Å². The Bertz CT molecular complexity index is 501. The number of carbonyl (C=O) groups excluding carboxylic acids is 1. The van der Waals surface area contributed by atoms with Gasteiger partial charge in [0.2, 0.25) is 10.0 Å². The van der Waals surface area contributed by atoms with E-state index in [9.17, 15) is 13.2 Å². The van der Waals surface area contributed by atoms with Crippen LogP contribution in [-0.2, 0) is 19.6 Å². The lowest BCUT2D eigenvalue weighted by atomic mass is 10.4. The summed E-state index contributed by atoms with van der Waals surface area (Å²) in [6, 6.07) is 2.96. The van der Waals surface area contributed by atoms with Gasteiger partial charge in [0.25, 0.3) is 0 Å². The fraction of sp³-hybridized carbons (Fsp3) is 0.222. The summed E-state index contributed by atoms with van der Waals surface area (Å²) in [5.41, 5.74) is 0. The summed E-state index contributed by atoms with van der Waals surface area (Å²) in [6.45, 7) is 2.01. The zero-order chi connectivity index (χ0) is 12.2. The van der Waals surface area contributed by atoms with Gasteiger partial charge < -0.3 is 4.74 Å². The first kappa shape index (κ1) is 12.9. The number of hydrogen-bond donors (Lipinski definition) is 1. The van der Waals surface area contributed by atoms with Crippen LogP contribution in [0.5, 0.6) is 0 Å². The summed E-state index contributed by atoms with van der Waals surface area (Å²) < 4.78 is 26.7. The molecule has 0 amide bonds. The number of thiophene rings is 1. The minimum atomic E-state index is -3.66. The van der Waals surface area contributed by atoms with Crippen molar-refractivity contribution in [1.82, 2.24) is 0 Å². The summed E-state index contributed by atoms with van der Waals surface area (Å²) in [5.74, 6) is -0.465. The SMILES string of the molecule is CCOC(=O)C=Cc1ccc(S(N)(=O)=O)s1. The van der Waals surface area contributed by atoms with Gasteiger partial charge in [0.05, 0.1) is 6.61 Å². The smallest absolute Gasteiger partial charge is 0.330 e. The third kappa shape index (κ3) is 3.76. The van der Waals surface area contributed by atoms with Gasteiger partial charge in [-0.15, -0.1) is 11.3 Å². The topological polar surface area (TPSA) is 86.5 Å². The van der Waals surface area contributed by atoms with E-state index in [2.05, 4.69) is 4.74 Å². The third-order valence-electron chi connectivity index (χ3n) is 1.55. The lowest BCUT2D eigenvalue weighted by Gasteiger charge is -1.93. The van der Waals surface area contributed by atoms with Crippen molar-refractivity contribution in [2.75, 3.05) is 6.61 Å². The van der Waals surface area contributed by atoms with Gasteiger partial charge >= 0.3 is 5.97 Å². The van der Waals surface area contributed by atoms with E-state index in [4.69, 9.17) is 5.14 Å². The molecule has 0 spiro atoms. The number of primary sulfonamides is 1. The van der Waals surface area contributed by atoms with Crippen LogP contribution in [0.1, 0.15) is 11.8 Å². The predicted molar refractivity (Wildman–Crippen MR) is 61.4 cm³/mol. The molecule has 1 rings (SSSR count). The fourth-order valence-electron chi connectivity index (χ4n) is 0.917. The molecule has 1 heterocycles. The van der Waals surface area contributed by atoms with Crippen LogP contribution in [0, 0.1) is 0 Å². The van der Waals surface area contributed by atoms with Crippen LogP contribution in [0.15, 0.2) is 22.4 Å². The molecule has 0 saturated heterocycles. The highest BCUT2D eigenvalue weighted by Crippen LogP contribution is 2.21. The molecule has 0 atom stereocenters. The van der Waals surface area contributed by atoms with Crippen LogP contribution in [0.3, 0.4) is 0 Å². The average Bonchev–Trinajstić information content (AvgIpc) is 2.63. The van der Waals surface area contributed by atoms with Crippen molar-refractivity contribution >= 4 is 33.4 Å². The molecule has 16 heavy (non-hydrogen) atoms. The molecular weight excluding hydrogens is 250 g/mol. The van der Waals surface area contributed by atoms with E-state index in [0.29, 0.717) is 11.5 Å². The van der Waals surface area contributed by atoms with Crippen molar-refractivity contribution in [2.45, 2.75) is 11.1 Å². The molecule has 0 aromatic carbocycles. The molecule has 0 aliphatic carbocycles. The second-order valence-electron chi connectivity index (χ2n) is 2.79. The number of carbonyl (C=O) groups is 1. The van der Waals surface area contributed by atoms with Gasteiger partial charge in [-0.2, -0.15) is 0 Å². The van der Waals surface area contributed by atoms with Gasteiger partial charge in [-0.25, -0.2) is 18.4 Å². The summed E-state index contributed by atoms with van der Waals surface area (Å²) >= 11 is 0.992. The molecule has 0 bridgehead atoms. The second-order valence-corrected chi connectivity index (χ2v) is 5.69. The predicted octanol–water partition coefficient (Wildman–Crippen LogP) is 0.972. The van der Waals surface area contributed by atoms with Crippen molar-refractivity contribution in [1.29, 1.82) is 0 Å². The van der Waals surface area contributed by atoms with Gasteiger partial charge in [-0.1, -0.05) is 0 Å². The van der Waals surface area contributed by atoms with Crippen LogP contribution in [0.4, 0.5) is 0 Å². The second kappa shape index (κ2) is 5.24. The first-order valence-corrected chi connectivity index (χ1v) is 6.77. The molecule has 88 valence electrons. The number of ether oxygens (including phenoxy) is 1. The van der Waals surface area contributed by atoms with Gasteiger partial charge in [-0.3, -0.25) is 0 Å². The largest absolute Gasteiger partial charge is 0.463 e. The monoisotopic (exact) mass is 261 g/mol. The molecule has 0 aliphatic heterocycles. The van der Waals surface area contributed by atoms with Crippen LogP contribution < -0.4 is 5.14 Å². The van der Waals surface area contributed by atoms with Crippen molar-refractivity contribution in [3.8, 4) is 0 Å². The molecule has 1 aromatic heterocycles. The van der Waals surface area contributed by atoms with Crippen molar-refractivity contribution in [3.63, 3.8) is 0 Å². The summed E-state index contributed by atoms with van der Waals surface area (Å²) in [7, 11) is -3.66. The van der Waals surface area contributed by atoms with Crippen molar-refractivity contribution in [2.24, 2.45) is 5.14 Å². The van der Waals surface area contributed by atoms with Crippen LogP contribution in [-0.4, -0.2) is 21.0 Å². The first-order valence-electron chi connectivity index (χ1n) is 4.41. The standard InChI is InChI=1S/C9H11NO4S2/c1-2-14-8(11)5-3-7-4-6-9(15-7)16(10,12)13/h3-6H,2H2,1H3,(H2,10,12,13). The number of sulfonamides is 1. The van der Waals surface area contributed by atoms with E-state index in [0.717, 1.165) is 11.3 Å². The molecule has 0 unspecified atom stereocenters. The van der Waals surface area contributed by atoms with E-state index < -0.39 is 16.0 Å². The molecule has 1 aromatic rings. The molecule has 0 radical (unpaired) electrons. The Morgan fingerprint density at radius 1 is 1.56 bits per heavy atom. The van der Waals surface area contributed by atoms with E-state index in [1.807, 2.05) is 0 Å². The lowest BCUT2D eigenvalue weighted by molar-refractivity contribution is -0.137. The van der Waals surface area contributed by atoms with Crippen LogP contribution >= 0.6 is 11.3 Å². The van der Waals surface area contributed by atoms with E-state index in [-0.39, 0.29) is 4.21 Å². The molecule has 0 aliphatic rings. The normalized spacial score (nSPS) is 11.9. The summed E-state index contributed by atoms with van der Waals surface area (Å²) in [6.07, 6.45) is 2.72. The Morgan fingerprint density at radius 3 is 2.75 bits per heavy atom. The molecular formula is C9H11NO4S2. The third-order valence-corrected chi connectivity index (χ3v) is 4.04. The number of hydrogen-bond acceptors (Lipinski definition) is 5. The Morgan fingerprint density at radius 2 is 2.25 bits per heavy atom. The van der Waals surface area contributed by atoms with E-state index >= 15 is 0 Å². The van der Waals surface area contributed by atoms with E-state index in [1.165, 1.54) is 18.2 Å². The number of nitrogens with two attached hydrogens (primary N) is 1. The molecule has 0 saturated carbocycles. The zero-order valence-corrected chi connectivity index (χ0v) is 10.2. The Balaban J connectivity index is 2.77. The maximum absolute atomic E-state index is 11.0. The zero-order valence-electron chi connectivity index (χ0n) is 8.54. The summed E-state index contributed by atoms with van der Waals surface area (Å²) in [5, 5.41) is 4.94. The fourth-order valence-corrected chi connectivity index (χ4v) is 2.57. The molecule has 0 fully saturated rings. The van der Waals surface area contributed by atoms with E-state index in [1.54, 1.807) is 13.0 Å². The molecule has 2 N–H and O–H groups in total. The Labute approximate surface area is 97.6 Å². The highest BCUT2D eigenvalue weighted by molar-refractivity contribution is 7.91. The quantitative estimate of drug-likeness (QED) is 0.646. The van der Waals surface area contributed by atoms with Gasteiger partial charge in [0, 0.05) is 11.0 Å². The molecule has 5 nitrogen and oxygen atoms in total. The minimum absolute atomic E-state index is 0.0657. The average molecular weight is 261 g/mol. The lowest BCUT2D eigenvalue weighted by Crippen LogP contribution is -2.09. The minimum Gasteiger partial charge on any atom is -0.463 e. The van der Waals surface area contributed by atoms with Gasteiger partial charge in [-0.05, 0) is 25.1 Å². The highest BCUT2D eigenvalue weighted by Gasteiger charge is 2.09. The maximum atomic E-state index is 11.0. The number of esters is 1. The summed E-state index contributed by atoms with van der Waals surface area (Å²) in [4.78, 5) is 11.6. The number of rotatable bonds is 4. The molecule has 7 heteroatoms.